The number of carbonyl (C=O) groups is 1. The van der Waals surface area contributed by atoms with Crippen LogP contribution >= 0.6 is 0 Å². The highest BCUT2D eigenvalue weighted by molar-refractivity contribution is 5.91. The number of methoxy groups -OCH3 is 1. The predicted octanol–water partition coefficient (Wildman–Crippen LogP) is 0.861. The minimum atomic E-state index is -0.270. The van der Waals surface area contributed by atoms with Crippen molar-refractivity contribution in [3.63, 3.8) is 0 Å². The molecule has 3 N–H and O–H groups in total. The number of nitriles is 1. The Morgan fingerprint density at radius 3 is 2.65 bits per heavy atom. The third-order valence-corrected chi connectivity index (χ3v) is 2.31. The van der Waals surface area contributed by atoms with Gasteiger partial charge in [-0.25, -0.2) is 0 Å². The first-order valence-electron chi connectivity index (χ1n) is 5.22. The van der Waals surface area contributed by atoms with Crippen LogP contribution in [-0.2, 0) is 9.53 Å². The molecule has 1 unspecified atom stereocenters. The van der Waals surface area contributed by atoms with Gasteiger partial charge in [-0.1, -0.05) is 0 Å². The van der Waals surface area contributed by atoms with Gasteiger partial charge in [0.15, 0.2) is 0 Å². The van der Waals surface area contributed by atoms with Crippen LogP contribution in [0.2, 0.25) is 0 Å². The van der Waals surface area contributed by atoms with Crippen molar-refractivity contribution in [3.05, 3.63) is 29.8 Å². The standard InChI is InChI=1S/C12H15N3O2/c1-17-11(8-14)6-12(16)15-10-4-2-9(7-13)3-5-10/h2-5,11H,6,8,14H2,1H3,(H,15,16). The molecule has 0 saturated heterocycles. The molecule has 1 rings (SSSR count). The summed E-state index contributed by atoms with van der Waals surface area (Å²) in [6, 6.07) is 8.66. The molecule has 0 fully saturated rings. The molecule has 0 aliphatic rings. The van der Waals surface area contributed by atoms with Crippen molar-refractivity contribution in [2.24, 2.45) is 5.73 Å². The molecule has 1 amide bonds. The number of anilines is 1. The molecule has 0 aliphatic carbocycles. The Labute approximate surface area is 100 Å². The summed E-state index contributed by atoms with van der Waals surface area (Å²) >= 11 is 0. The van der Waals surface area contributed by atoms with Gasteiger partial charge in [-0.3, -0.25) is 4.79 Å². The van der Waals surface area contributed by atoms with Crippen LogP contribution in [0.3, 0.4) is 0 Å². The van der Waals surface area contributed by atoms with Gasteiger partial charge in [0.1, 0.15) is 0 Å². The van der Waals surface area contributed by atoms with E-state index in [2.05, 4.69) is 5.32 Å². The lowest BCUT2D eigenvalue weighted by Gasteiger charge is -2.12. The molecule has 17 heavy (non-hydrogen) atoms. The number of carbonyl (C=O) groups excluding carboxylic acids is 1. The van der Waals surface area contributed by atoms with Crippen LogP contribution in [0.15, 0.2) is 24.3 Å². The van der Waals surface area contributed by atoms with Gasteiger partial charge >= 0.3 is 0 Å². The van der Waals surface area contributed by atoms with E-state index in [4.69, 9.17) is 15.7 Å². The topological polar surface area (TPSA) is 88.1 Å². The van der Waals surface area contributed by atoms with E-state index in [1.165, 1.54) is 7.11 Å². The van der Waals surface area contributed by atoms with Crippen molar-refractivity contribution in [1.82, 2.24) is 0 Å². The summed E-state index contributed by atoms with van der Waals surface area (Å²) in [5.74, 6) is -0.160. The summed E-state index contributed by atoms with van der Waals surface area (Å²) < 4.78 is 5.02. The first-order chi connectivity index (χ1) is 8.19. The van der Waals surface area contributed by atoms with Crippen LogP contribution < -0.4 is 11.1 Å². The van der Waals surface area contributed by atoms with Gasteiger partial charge in [-0.15, -0.1) is 0 Å². The highest BCUT2D eigenvalue weighted by atomic mass is 16.5. The molecule has 1 aromatic rings. The third kappa shape index (κ3) is 4.23. The monoisotopic (exact) mass is 233 g/mol. The second kappa shape index (κ2) is 6.63. The average molecular weight is 233 g/mol. The maximum Gasteiger partial charge on any atom is 0.227 e. The molecule has 0 bridgehead atoms. The van der Waals surface area contributed by atoms with Gasteiger partial charge in [-0.2, -0.15) is 5.26 Å². The first-order valence-corrected chi connectivity index (χ1v) is 5.22. The molecule has 1 atom stereocenters. The number of hydrogen-bond donors (Lipinski definition) is 2. The lowest BCUT2D eigenvalue weighted by molar-refractivity contribution is -0.118. The predicted molar refractivity (Wildman–Crippen MR) is 64.3 cm³/mol. The summed E-state index contributed by atoms with van der Waals surface area (Å²) in [4.78, 5) is 11.6. The van der Waals surface area contributed by atoms with E-state index in [1.54, 1.807) is 24.3 Å². The minimum absolute atomic E-state index is 0.160. The zero-order valence-corrected chi connectivity index (χ0v) is 9.64. The van der Waals surface area contributed by atoms with Gasteiger partial charge in [-0.05, 0) is 24.3 Å². The number of amides is 1. The van der Waals surface area contributed by atoms with Crippen molar-refractivity contribution in [2.75, 3.05) is 19.0 Å². The molecule has 5 nitrogen and oxygen atoms in total. The first kappa shape index (κ1) is 13.2. The van der Waals surface area contributed by atoms with Crippen LogP contribution in [-0.4, -0.2) is 25.7 Å². The number of nitrogens with one attached hydrogen (secondary N) is 1. The van der Waals surface area contributed by atoms with Gasteiger partial charge in [0.2, 0.25) is 5.91 Å². The van der Waals surface area contributed by atoms with Crippen molar-refractivity contribution in [3.8, 4) is 6.07 Å². The van der Waals surface area contributed by atoms with E-state index in [-0.39, 0.29) is 18.4 Å². The van der Waals surface area contributed by atoms with Gasteiger partial charge in [0, 0.05) is 19.3 Å². The molecule has 0 saturated carbocycles. The second-order valence-electron chi connectivity index (χ2n) is 3.53. The Bertz CT molecular complexity index is 405. The van der Waals surface area contributed by atoms with Crippen molar-refractivity contribution >= 4 is 11.6 Å². The van der Waals surface area contributed by atoms with Crippen LogP contribution in [0.4, 0.5) is 5.69 Å². The fourth-order valence-corrected chi connectivity index (χ4v) is 1.31. The van der Waals surface area contributed by atoms with Crippen LogP contribution in [0.25, 0.3) is 0 Å². The van der Waals surface area contributed by atoms with E-state index in [1.807, 2.05) is 6.07 Å². The molecule has 0 aromatic heterocycles. The number of benzene rings is 1. The molecule has 0 spiro atoms. The Balaban J connectivity index is 2.53. The van der Waals surface area contributed by atoms with Crippen molar-refractivity contribution in [1.29, 1.82) is 5.26 Å². The Hall–Kier alpha value is -1.90. The lowest BCUT2D eigenvalue weighted by Crippen LogP contribution is -2.28. The smallest absolute Gasteiger partial charge is 0.227 e. The molecule has 90 valence electrons. The normalized spacial score (nSPS) is 11.6. The van der Waals surface area contributed by atoms with E-state index < -0.39 is 0 Å². The summed E-state index contributed by atoms with van der Waals surface area (Å²) in [7, 11) is 1.52. The Kier molecular flexibility index (Phi) is 5.14. The molecular weight excluding hydrogens is 218 g/mol. The number of rotatable bonds is 5. The Morgan fingerprint density at radius 2 is 2.18 bits per heavy atom. The number of nitrogens with two attached hydrogens (primary N) is 1. The fourth-order valence-electron chi connectivity index (χ4n) is 1.31. The van der Waals surface area contributed by atoms with E-state index >= 15 is 0 Å². The third-order valence-electron chi connectivity index (χ3n) is 2.31. The van der Waals surface area contributed by atoms with E-state index in [9.17, 15) is 4.79 Å². The van der Waals surface area contributed by atoms with E-state index in [0.717, 1.165) is 0 Å². The quantitative estimate of drug-likeness (QED) is 0.789. The molecule has 0 heterocycles. The number of ether oxygens (including phenoxy) is 1. The summed E-state index contributed by atoms with van der Waals surface area (Å²) in [5, 5.41) is 11.3. The maximum atomic E-state index is 11.6. The zero-order valence-electron chi connectivity index (χ0n) is 9.64. The molecule has 1 aromatic carbocycles. The Morgan fingerprint density at radius 1 is 1.53 bits per heavy atom. The zero-order chi connectivity index (χ0) is 12.7. The second-order valence-corrected chi connectivity index (χ2v) is 3.53. The highest BCUT2D eigenvalue weighted by Gasteiger charge is 2.11. The molecular formula is C12H15N3O2. The summed E-state index contributed by atoms with van der Waals surface area (Å²) in [6.45, 7) is 0.303. The van der Waals surface area contributed by atoms with Crippen LogP contribution in [0, 0.1) is 11.3 Å². The molecule has 0 radical (unpaired) electrons. The van der Waals surface area contributed by atoms with Gasteiger partial charge in [0.25, 0.3) is 0 Å². The average Bonchev–Trinajstić information content (AvgIpc) is 2.37. The maximum absolute atomic E-state index is 11.6. The number of hydrogen-bond acceptors (Lipinski definition) is 4. The van der Waals surface area contributed by atoms with Gasteiger partial charge in [0.05, 0.1) is 24.2 Å². The van der Waals surface area contributed by atoms with Crippen molar-refractivity contribution in [2.45, 2.75) is 12.5 Å². The van der Waals surface area contributed by atoms with Crippen LogP contribution in [0.1, 0.15) is 12.0 Å². The minimum Gasteiger partial charge on any atom is -0.380 e. The van der Waals surface area contributed by atoms with Crippen LogP contribution in [0.5, 0.6) is 0 Å². The van der Waals surface area contributed by atoms with E-state index in [0.29, 0.717) is 17.8 Å². The molecule has 0 aliphatic heterocycles. The van der Waals surface area contributed by atoms with Crippen molar-refractivity contribution < 1.29 is 9.53 Å². The highest BCUT2D eigenvalue weighted by Crippen LogP contribution is 2.09. The SMILES string of the molecule is COC(CN)CC(=O)Nc1ccc(C#N)cc1. The summed E-state index contributed by atoms with van der Waals surface area (Å²) in [6.07, 6.45) is -0.0547. The fraction of sp³-hybridized carbons (Fsp3) is 0.333. The number of nitrogens with zero attached hydrogens (tertiary/aromatic N) is 1. The molecule has 5 heteroatoms. The summed E-state index contributed by atoms with van der Waals surface area (Å²) in [5.41, 5.74) is 6.63. The largest absolute Gasteiger partial charge is 0.380 e. The lowest BCUT2D eigenvalue weighted by atomic mass is 10.2. The van der Waals surface area contributed by atoms with Gasteiger partial charge < -0.3 is 15.8 Å².